The highest BCUT2D eigenvalue weighted by Crippen LogP contribution is 2.25. The summed E-state index contributed by atoms with van der Waals surface area (Å²) in [6.45, 7) is 2.26. The van der Waals surface area contributed by atoms with Crippen LogP contribution in [0.2, 0.25) is 0 Å². The van der Waals surface area contributed by atoms with Gasteiger partial charge in [-0.1, -0.05) is 6.07 Å². The molecule has 2 rings (SSSR count). The molecule has 0 aliphatic heterocycles. The van der Waals surface area contributed by atoms with E-state index in [-0.39, 0.29) is 42.3 Å². The first kappa shape index (κ1) is 23.3. The van der Waals surface area contributed by atoms with E-state index in [9.17, 15) is 18.0 Å². The van der Waals surface area contributed by atoms with Crippen molar-refractivity contribution in [1.82, 2.24) is 14.6 Å². The molecule has 0 bridgehead atoms. The molecule has 9 nitrogen and oxygen atoms in total. The Bertz CT molecular complexity index is 979. The molecule has 0 atom stereocenters. The normalized spacial score (nSPS) is 11.0. The van der Waals surface area contributed by atoms with E-state index in [1.165, 1.54) is 37.3 Å². The third-order valence-corrected chi connectivity index (χ3v) is 5.68. The van der Waals surface area contributed by atoms with E-state index in [0.717, 1.165) is 5.56 Å². The molecule has 2 aromatic rings. The van der Waals surface area contributed by atoms with E-state index in [0.29, 0.717) is 0 Å². The van der Waals surface area contributed by atoms with E-state index in [4.69, 9.17) is 9.47 Å². The molecule has 1 aromatic carbocycles. The van der Waals surface area contributed by atoms with Gasteiger partial charge < -0.3 is 14.4 Å². The van der Waals surface area contributed by atoms with Crippen molar-refractivity contribution in [3.63, 3.8) is 0 Å². The van der Waals surface area contributed by atoms with E-state index >= 15 is 0 Å². The molecule has 1 heterocycles. The van der Waals surface area contributed by atoms with Crippen LogP contribution in [0.3, 0.4) is 0 Å². The Morgan fingerprint density at radius 3 is 2.60 bits per heavy atom. The van der Waals surface area contributed by atoms with Gasteiger partial charge in [0, 0.05) is 31.0 Å². The smallest absolute Gasteiger partial charge is 0.307 e. The van der Waals surface area contributed by atoms with Crippen molar-refractivity contribution in [1.29, 1.82) is 0 Å². The van der Waals surface area contributed by atoms with Crippen molar-refractivity contribution in [2.45, 2.75) is 24.8 Å². The number of aromatic nitrogens is 1. The van der Waals surface area contributed by atoms with Crippen molar-refractivity contribution in [2.75, 3.05) is 27.3 Å². The Labute approximate surface area is 176 Å². The summed E-state index contributed by atoms with van der Waals surface area (Å²) in [5.74, 6) is -0.737. The topological polar surface area (TPSA) is 115 Å². The number of ether oxygens (including phenoxy) is 2. The van der Waals surface area contributed by atoms with Gasteiger partial charge in [-0.05, 0) is 43.8 Å². The van der Waals surface area contributed by atoms with Crippen LogP contribution in [0.1, 0.15) is 29.3 Å². The molecule has 10 heteroatoms. The highest BCUT2D eigenvalue weighted by Gasteiger charge is 2.23. The first-order valence-electron chi connectivity index (χ1n) is 9.27. The summed E-state index contributed by atoms with van der Waals surface area (Å²) >= 11 is 0. The lowest BCUT2D eigenvalue weighted by Gasteiger charge is -2.23. The van der Waals surface area contributed by atoms with Crippen LogP contribution in [0.5, 0.6) is 5.75 Å². The van der Waals surface area contributed by atoms with Gasteiger partial charge in [0.05, 0.1) is 20.1 Å². The molecular formula is C20H25N3O6S. The van der Waals surface area contributed by atoms with Crippen LogP contribution in [-0.2, 0) is 26.1 Å². The van der Waals surface area contributed by atoms with Gasteiger partial charge in [-0.15, -0.1) is 0 Å². The molecular weight excluding hydrogens is 410 g/mol. The van der Waals surface area contributed by atoms with Crippen molar-refractivity contribution in [2.24, 2.45) is 0 Å². The lowest BCUT2D eigenvalue weighted by molar-refractivity contribution is -0.143. The molecule has 0 saturated heterocycles. The second kappa shape index (κ2) is 10.7. The van der Waals surface area contributed by atoms with Gasteiger partial charge >= 0.3 is 5.97 Å². The Kier molecular flexibility index (Phi) is 8.31. The summed E-state index contributed by atoms with van der Waals surface area (Å²) < 4.78 is 36.9. The molecule has 1 amide bonds. The van der Waals surface area contributed by atoms with E-state index in [1.54, 1.807) is 25.4 Å². The fourth-order valence-corrected chi connectivity index (χ4v) is 3.65. The Morgan fingerprint density at radius 2 is 2.00 bits per heavy atom. The fourth-order valence-electron chi connectivity index (χ4n) is 2.74. The maximum atomic E-state index is 13.2. The number of carbonyl (C=O) groups excluding carboxylic acids is 2. The predicted octanol–water partition coefficient (Wildman–Crippen LogP) is 1.59. The summed E-state index contributed by atoms with van der Waals surface area (Å²) in [6, 6.07) is 7.71. The number of carbonyl (C=O) groups is 2. The van der Waals surface area contributed by atoms with Crippen molar-refractivity contribution in [3.8, 4) is 5.75 Å². The number of nitrogens with zero attached hydrogens (tertiary/aromatic N) is 2. The Morgan fingerprint density at radius 1 is 1.23 bits per heavy atom. The molecule has 162 valence electrons. The van der Waals surface area contributed by atoms with Crippen LogP contribution >= 0.6 is 0 Å². The monoisotopic (exact) mass is 435 g/mol. The van der Waals surface area contributed by atoms with E-state index in [2.05, 4.69) is 9.71 Å². The van der Waals surface area contributed by atoms with Crippen molar-refractivity contribution < 1.29 is 27.5 Å². The molecule has 0 saturated carbocycles. The van der Waals surface area contributed by atoms with Gasteiger partial charge in [-0.2, -0.15) is 0 Å². The molecule has 1 N–H and O–H groups in total. The number of benzene rings is 1. The van der Waals surface area contributed by atoms with Crippen molar-refractivity contribution >= 4 is 21.9 Å². The zero-order valence-corrected chi connectivity index (χ0v) is 17.9. The SMILES string of the molecule is CCOC(=O)CCN(Cc1cccnc1)C(=O)c1ccc(OC)c(S(=O)(=O)NC)c1. The number of rotatable bonds is 10. The molecule has 1 aromatic heterocycles. The van der Waals surface area contributed by atoms with Gasteiger partial charge in [0.2, 0.25) is 10.0 Å². The number of pyridine rings is 1. The molecule has 0 aliphatic carbocycles. The molecule has 0 unspecified atom stereocenters. The number of hydrogen-bond acceptors (Lipinski definition) is 7. The Balaban J connectivity index is 2.36. The fraction of sp³-hybridized carbons (Fsp3) is 0.350. The number of esters is 1. The number of hydrogen-bond donors (Lipinski definition) is 1. The standard InChI is InChI=1S/C20H25N3O6S/c1-4-29-19(24)9-11-23(14-15-6-5-10-22-13-15)20(25)16-7-8-17(28-3)18(12-16)30(26,27)21-2/h5-8,10,12-13,21H,4,9,11,14H2,1-3H3. The Hall–Kier alpha value is -2.98. The van der Waals surface area contributed by atoms with Gasteiger partial charge in [-0.3, -0.25) is 14.6 Å². The number of nitrogens with one attached hydrogen (secondary N) is 1. The number of amides is 1. The molecule has 30 heavy (non-hydrogen) atoms. The highest BCUT2D eigenvalue weighted by atomic mass is 32.2. The average Bonchev–Trinajstić information content (AvgIpc) is 2.76. The zero-order chi connectivity index (χ0) is 22.1. The summed E-state index contributed by atoms with van der Waals surface area (Å²) in [5, 5.41) is 0. The van der Waals surface area contributed by atoms with Gasteiger partial charge in [0.1, 0.15) is 10.6 Å². The molecule has 0 aliphatic rings. The number of methoxy groups -OCH3 is 1. The van der Waals surface area contributed by atoms with Crippen molar-refractivity contribution in [3.05, 3.63) is 53.9 Å². The van der Waals surface area contributed by atoms with Crippen LogP contribution in [0, 0.1) is 0 Å². The van der Waals surface area contributed by atoms with Gasteiger partial charge in [0.15, 0.2) is 0 Å². The lowest BCUT2D eigenvalue weighted by Crippen LogP contribution is -2.33. The maximum absolute atomic E-state index is 13.2. The van der Waals surface area contributed by atoms with Crippen LogP contribution in [0.25, 0.3) is 0 Å². The second-order valence-electron chi connectivity index (χ2n) is 6.22. The van der Waals surface area contributed by atoms with E-state index in [1.807, 2.05) is 6.07 Å². The number of sulfonamides is 1. The molecule has 0 fully saturated rings. The first-order valence-corrected chi connectivity index (χ1v) is 10.8. The van der Waals surface area contributed by atoms with Crippen LogP contribution in [0.4, 0.5) is 0 Å². The summed E-state index contributed by atoms with van der Waals surface area (Å²) in [6.07, 6.45) is 3.25. The third-order valence-electron chi connectivity index (χ3n) is 4.24. The minimum Gasteiger partial charge on any atom is -0.495 e. The highest BCUT2D eigenvalue weighted by molar-refractivity contribution is 7.89. The predicted molar refractivity (Wildman–Crippen MR) is 109 cm³/mol. The minimum atomic E-state index is -3.84. The molecule has 0 spiro atoms. The summed E-state index contributed by atoms with van der Waals surface area (Å²) in [5.41, 5.74) is 0.920. The van der Waals surface area contributed by atoms with Crippen LogP contribution in [0.15, 0.2) is 47.6 Å². The van der Waals surface area contributed by atoms with E-state index < -0.39 is 21.9 Å². The van der Waals surface area contributed by atoms with Crippen LogP contribution < -0.4 is 9.46 Å². The van der Waals surface area contributed by atoms with Gasteiger partial charge in [0.25, 0.3) is 5.91 Å². The zero-order valence-electron chi connectivity index (χ0n) is 17.1. The molecule has 0 radical (unpaired) electrons. The van der Waals surface area contributed by atoms with Crippen LogP contribution in [-0.4, -0.2) is 57.5 Å². The average molecular weight is 436 g/mol. The third kappa shape index (κ3) is 6.01. The quantitative estimate of drug-likeness (QED) is 0.564. The second-order valence-corrected chi connectivity index (χ2v) is 8.07. The largest absolute Gasteiger partial charge is 0.495 e. The maximum Gasteiger partial charge on any atom is 0.307 e. The minimum absolute atomic E-state index is 0.0116. The summed E-state index contributed by atoms with van der Waals surface area (Å²) in [7, 11) is -1.22. The summed E-state index contributed by atoms with van der Waals surface area (Å²) in [4.78, 5) is 30.3. The van der Waals surface area contributed by atoms with Gasteiger partial charge in [-0.25, -0.2) is 13.1 Å². The lowest BCUT2D eigenvalue weighted by atomic mass is 10.1. The first-order chi connectivity index (χ1) is 14.3.